The van der Waals surface area contributed by atoms with Crippen LogP contribution in [0.3, 0.4) is 0 Å². The quantitative estimate of drug-likeness (QED) is 0.721. The maximum atomic E-state index is 11.3. The van der Waals surface area contributed by atoms with Gasteiger partial charge in [-0.25, -0.2) is 0 Å². The van der Waals surface area contributed by atoms with Gasteiger partial charge in [0.15, 0.2) is 11.6 Å². The van der Waals surface area contributed by atoms with Crippen molar-refractivity contribution >= 4 is 11.6 Å². The predicted molar refractivity (Wildman–Crippen MR) is 51.6 cm³/mol. The Kier molecular flexibility index (Phi) is 2.70. The highest BCUT2D eigenvalue weighted by atomic mass is 16.1. The van der Waals surface area contributed by atoms with Gasteiger partial charge in [-0.2, -0.15) is 5.10 Å². The van der Waals surface area contributed by atoms with E-state index in [4.69, 9.17) is 5.73 Å². The van der Waals surface area contributed by atoms with Crippen molar-refractivity contribution in [3.8, 4) is 0 Å². The zero-order valence-corrected chi connectivity index (χ0v) is 8.24. The Hall–Kier alpha value is -1.32. The summed E-state index contributed by atoms with van der Waals surface area (Å²) in [7, 11) is 0. The molecule has 0 radical (unpaired) electrons. The molecule has 0 aliphatic rings. The van der Waals surface area contributed by atoms with Crippen LogP contribution in [-0.2, 0) is 0 Å². The summed E-state index contributed by atoms with van der Waals surface area (Å²) >= 11 is 0. The number of anilines is 1. The van der Waals surface area contributed by atoms with Gasteiger partial charge in [-0.1, -0.05) is 6.92 Å². The van der Waals surface area contributed by atoms with E-state index < -0.39 is 0 Å². The highest BCUT2D eigenvalue weighted by Crippen LogP contribution is 2.14. The van der Waals surface area contributed by atoms with Crippen LogP contribution in [0.4, 0.5) is 5.82 Å². The van der Waals surface area contributed by atoms with Crippen molar-refractivity contribution in [3.63, 3.8) is 0 Å². The average molecular weight is 181 g/mol. The SMILES string of the molecule is CCC(=O)c1cn(C(C)C)nc1N. The molecule has 0 aliphatic heterocycles. The molecule has 0 fully saturated rings. The van der Waals surface area contributed by atoms with Crippen molar-refractivity contribution in [2.45, 2.75) is 33.2 Å². The molecule has 0 amide bonds. The lowest BCUT2D eigenvalue weighted by molar-refractivity contribution is 0.0989. The van der Waals surface area contributed by atoms with Crippen LogP contribution >= 0.6 is 0 Å². The topological polar surface area (TPSA) is 60.9 Å². The zero-order valence-electron chi connectivity index (χ0n) is 8.24. The molecule has 4 nitrogen and oxygen atoms in total. The van der Waals surface area contributed by atoms with E-state index in [1.165, 1.54) is 0 Å². The van der Waals surface area contributed by atoms with Crippen molar-refractivity contribution in [2.75, 3.05) is 5.73 Å². The molecule has 2 N–H and O–H groups in total. The number of nitrogens with zero attached hydrogens (tertiary/aromatic N) is 2. The molecule has 0 unspecified atom stereocenters. The molecule has 4 heteroatoms. The van der Waals surface area contributed by atoms with E-state index in [-0.39, 0.29) is 11.8 Å². The molecule has 1 rings (SSSR count). The Labute approximate surface area is 77.7 Å². The van der Waals surface area contributed by atoms with Gasteiger partial charge in [0.1, 0.15) is 0 Å². The van der Waals surface area contributed by atoms with Crippen LogP contribution in [0.25, 0.3) is 0 Å². The zero-order chi connectivity index (χ0) is 10.0. The summed E-state index contributed by atoms with van der Waals surface area (Å²) in [5.74, 6) is 0.380. The third kappa shape index (κ3) is 1.88. The maximum absolute atomic E-state index is 11.3. The molecule has 0 saturated heterocycles. The van der Waals surface area contributed by atoms with Gasteiger partial charge in [0.05, 0.1) is 5.56 Å². The van der Waals surface area contributed by atoms with Gasteiger partial charge in [-0.3, -0.25) is 9.48 Å². The second-order valence-electron chi connectivity index (χ2n) is 3.28. The molecule has 1 aromatic rings. The highest BCUT2D eigenvalue weighted by Gasteiger charge is 2.13. The Morgan fingerprint density at radius 1 is 1.69 bits per heavy atom. The number of hydrogen-bond donors (Lipinski definition) is 1. The molecule has 0 atom stereocenters. The minimum absolute atomic E-state index is 0.0457. The average Bonchev–Trinajstić information content (AvgIpc) is 2.46. The lowest BCUT2D eigenvalue weighted by atomic mass is 10.2. The second-order valence-corrected chi connectivity index (χ2v) is 3.28. The van der Waals surface area contributed by atoms with E-state index in [9.17, 15) is 4.79 Å². The Balaban J connectivity index is 3.03. The maximum Gasteiger partial charge on any atom is 0.167 e. The minimum Gasteiger partial charge on any atom is -0.382 e. The number of carbonyl (C=O) groups excluding carboxylic acids is 1. The molecule has 0 bridgehead atoms. The molecule has 1 aromatic heterocycles. The number of nitrogen functional groups attached to an aromatic ring is 1. The monoisotopic (exact) mass is 181 g/mol. The molecular formula is C9H15N3O. The van der Waals surface area contributed by atoms with E-state index in [0.717, 1.165) is 0 Å². The largest absolute Gasteiger partial charge is 0.382 e. The summed E-state index contributed by atoms with van der Waals surface area (Å²) < 4.78 is 1.71. The normalized spacial score (nSPS) is 10.8. The summed E-state index contributed by atoms with van der Waals surface area (Å²) in [5.41, 5.74) is 6.14. The summed E-state index contributed by atoms with van der Waals surface area (Å²) in [6, 6.07) is 0.237. The van der Waals surface area contributed by atoms with E-state index >= 15 is 0 Å². The standard InChI is InChI=1S/C9H15N3O/c1-4-8(13)7-5-12(6(2)3)11-9(7)10/h5-6H,4H2,1-3H3,(H2,10,11). The van der Waals surface area contributed by atoms with Crippen LogP contribution in [0.15, 0.2) is 6.20 Å². The van der Waals surface area contributed by atoms with Crippen molar-refractivity contribution in [2.24, 2.45) is 0 Å². The van der Waals surface area contributed by atoms with Crippen molar-refractivity contribution in [3.05, 3.63) is 11.8 Å². The van der Waals surface area contributed by atoms with Crippen LogP contribution in [0.5, 0.6) is 0 Å². The number of aromatic nitrogens is 2. The van der Waals surface area contributed by atoms with Crippen molar-refractivity contribution in [1.82, 2.24) is 9.78 Å². The molecule has 0 aliphatic carbocycles. The Morgan fingerprint density at radius 2 is 2.31 bits per heavy atom. The van der Waals surface area contributed by atoms with E-state index in [2.05, 4.69) is 5.10 Å². The lowest BCUT2D eigenvalue weighted by Crippen LogP contribution is -2.01. The summed E-state index contributed by atoms with van der Waals surface area (Å²) in [5, 5.41) is 4.05. The molecule has 1 heterocycles. The molecular weight excluding hydrogens is 166 g/mol. The van der Waals surface area contributed by atoms with Crippen molar-refractivity contribution in [1.29, 1.82) is 0 Å². The first-order chi connectivity index (χ1) is 6.06. The second kappa shape index (κ2) is 3.60. The number of nitrogens with two attached hydrogens (primary N) is 1. The van der Waals surface area contributed by atoms with E-state index in [1.807, 2.05) is 20.8 Å². The summed E-state index contributed by atoms with van der Waals surface area (Å²) in [4.78, 5) is 11.3. The van der Waals surface area contributed by atoms with Gasteiger partial charge < -0.3 is 5.73 Å². The number of carbonyl (C=O) groups is 1. The minimum atomic E-state index is 0.0457. The Bertz CT molecular complexity index is 315. The van der Waals surface area contributed by atoms with Crippen LogP contribution in [0.2, 0.25) is 0 Å². The van der Waals surface area contributed by atoms with Crippen molar-refractivity contribution < 1.29 is 4.79 Å². The first-order valence-electron chi connectivity index (χ1n) is 4.44. The third-order valence-electron chi connectivity index (χ3n) is 1.91. The van der Waals surface area contributed by atoms with E-state index in [0.29, 0.717) is 17.8 Å². The number of ketones is 1. The fourth-order valence-electron chi connectivity index (χ4n) is 1.08. The molecule has 0 aromatic carbocycles. The van der Waals surface area contributed by atoms with Gasteiger partial charge in [0.25, 0.3) is 0 Å². The predicted octanol–water partition coefficient (Wildman–Crippen LogP) is 1.64. The first kappa shape index (κ1) is 9.77. The molecule has 0 spiro atoms. The summed E-state index contributed by atoms with van der Waals surface area (Å²) in [6.45, 7) is 5.80. The van der Waals surface area contributed by atoms with Crippen LogP contribution < -0.4 is 5.73 Å². The lowest BCUT2D eigenvalue weighted by Gasteiger charge is -2.02. The number of rotatable bonds is 3. The molecule has 72 valence electrons. The fraction of sp³-hybridized carbons (Fsp3) is 0.556. The molecule has 0 saturated carbocycles. The third-order valence-corrected chi connectivity index (χ3v) is 1.91. The molecule has 13 heavy (non-hydrogen) atoms. The fourth-order valence-corrected chi connectivity index (χ4v) is 1.08. The van der Waals surface area contributed by atoms with Crippen LogP contribution in [0, 0.1) is 0 Å². The van der Waals surface area contributed by atoms with Gasteiger partial charge >= 0.3 is 0 Å². The van der Waals surface area contributed by atoms with Gasteiger partial charge in [-0.15, -0.1) is 0 Å². The smallest absolute Gasteiger partial charge is 0.167 e. The highest BCUT2D eigenvalue weighted by molar-refractivity contribution is 5.99. The first-order valence-corrected chi connectivity index (χ1v) is 4.44. The summed E-state index contributed by atoms with van der Waals surface area (Å²) in [6.07, 6.45) is 2.18. The van der Waals surface area contributed by atoms with Crippen LogP contribution in [0.1, 0.15) is 43.6 Å². The van der Waals surface area contributed by atoms with Gasteiger partial charge in [0.2, 0.25) is 0 Å². The van der Waals surface area contributed by atoms with Gasteiger partial charge in [0, 0.05) is 18.7 Å². The van der Waals surface area contributed by atoms with Gasteiger partial charge in [-0.05, 0) is 13.8 Å². The number of hydrogen-bond acceptors (Lipinski definition) is 3. The Morgan fingerprint density at radius 3 is 2.69 bits per heavy atom. The number of Topliss-reactive ketones (excluding diaryl/α,β-unsaturated/α-hetero) is 1. The van der Waals surface area contributed by atoms with Crippen LogP contribution in [-0.4, -0.2) is 15.6 Å². The van der Waals surface area contributed by atoms with E-state index in [1.54, 1.807) is 10.9 Å².